The van der Waals surface area contributed by atoms with E-state index >= 15 is 0 Å². The van der Waals surface area contributed by atoms with Gasteiger partial charge in [-0.25, -0.2) is 9.97 Å². The van der Waals surface area contributed by atoms with Gasteiger partial charge in [0.05, 0.1) is 5.39 Å². The van der Waals surface area contributed by atoms with Gasteiger partial charge in [-0.1, -0.05) is 24.1 Å². The summed E-state index contributed by atoms with van der Waals surface area (Å²) in [6.07, 6.45) is 3.97. The molecular weight excluding hydrogens is 434 g/mol. The molecule has 0 amide bonds. The highest BCUT2D eigenvalue weighted by atomic mass is 35.5. The second-order valence-electron chi connectivity index (χ2n) is 7.42. The first-order valence-electron chi connectivity index (χ1n) is 10.2. The van der Waals surface area contributed by atoms with Gasteiger partial charge >= 0.3 is 0 Å². The number of halogens is 1. The van der Waals surface area contributed by atoms with Gasteiger partial charge in [0.1, 0.15) is 22.3 Å². The minimum absolute atomic E-state index is 0.501. The maximum Gasteiger partial charge on any atom is 0.162 e. The fraction of sp³-hybridized carbons (Fsp3) is 0.304. The Bertz CT molecular complexity index is 1120. The molecule has 3 aromatic heterocycles. The summed E-state index contributed by atoms with van der Waals surface area (Å²) in [5, 5.41) is 5.62. The number of nitrogens with zero attached hydrogens (tertiary/aromatic N) is 3. The molecule has 0 radical (unpaired) electrons. The van der Waals surface area contributed by atoms with E-state index in [9.17, 15) is 0 Å². The van der Waals surface area contributed by atoms with E-state index in [2.05, 4.69) is 26.7 Å². The molecule has 4 aromatic rings. The third kappa shape index (κ3) is 4.23. The van der Waals surface area contributed by atoms with Gasteiger partial charge in [0, 0.05) is 27.9 Å². The highest BCUT2D eigenvalue weighted by molar-refractivity contribution is 7.18. The Morgan fingerprint density at radius 2 is 1.83 bits per heavy atom. The van der Waals surface area contributed by atoms with Crippen molar-refractivity contribution in [3.63, 3.8) is 0 Å². The first-order valence-corrected chi connectivity index (χ1v) is 12.4. The van der Waals surface area contributed by atoms with E-state index in [1.54, 1.807) is 22.7 Å². The summed E-state index contributed by atoms with van der Waals surface area (Å²) in [6, 6.07) is 12.1. The summed E-state index contributed by atoms with van der Waals surface area (Å²) >= 11 is 9.88. The smallest absolute Gasteiger partial charge is 0.162 e. The number of piperidine rings is 1. The van der Waals surface area contributed by atoms with E-state index < -0.39 is 0 Å². The molecule has 4 heterocycles. The summed E-state index contributed by atoms with van der Waals surface area (Å²) < 4.78 is 5.93. The third-order valence-corrected chi connectivity index (χ3v) is 7.46. The molecular formula is C23H22ClN3OS2. The molecule has 1 fully saturated rings. The quantitative estimate of drug-likeness (QED) is 0.307. The average molecular weight is 456 g/mol. The van der Waals surface area contributed by atoms with Crippen molar-refractivity contribution in [3.8, 4) is 27.6 Å². The van der Waals surface area contributed by atoms with Crippen LogP contribution >= 0.6 is 34.3 Å². The van der Waals surface area contributed by atoms with Crippen LogP contribution < -0.4 is 4.74 Å². The summed E-state index contributed by atoms with van der Waals surface area (Å²) in [7, 11) is 0. The number of hydrogen-bond donors (Lipinski definition) is 0. The predicted molar refractivity (Wildman–Crippen MR) is 127 cm³/mol. The van der Waals surface area contributed by atoms with Gasteiger partial charge in [-0.05, 0) is 61.6 Å². The fourth-order valence-electron chi connectivity index (χ4n) is 3.82. The molecule has 0 atom stereocenters. The molecule has 0 saturated carbocycles. The molecule has 0 N–H and O–H groups in total. The summed E-state index contributed by atoms with van der Waals surface area (Å²) in [6.45, 7) is 4.09. The number of hydrogen-bond acceptors (Lipinski definition) is 6. The molecule has 7 heteroatoms. The monoisotopic (exact) mass is 455 g/mol. The van der Waals surface area contributed by atoms with Crippen LogP contribution in [0.15, 0.2) is 47.2 Å². The van der Waals surface area contributed by atoms with E-state index in [1.807, 2.05) is 30.3 Å². The number of ether oxygens (including phenoxy) is 1. The van der Waals surface area contributed by atoms with E-state index in [1.165, 1.54) is 37.2 Å². The van der Waals surface area contributed by atoms with Crippen LogP contribution in [0.2, 0.25) is 5.15 Å². The average Bonchev–Trinajstić information content (AvgIpc) is 3.45. The standard InChI is InChI=1S/C23H22ClN3OS2/c24-21-20-18(19-5-4-14-29-19)15-30-23(20)26-22(25-21)16-6-8-17(9-7-16)28-13-12-27-10-2-1-3-11-27/h4-9,14-15H,1-3,10-13H2. The van der Waals surface area contributed by atoms with Gasteiger partial charge in [0.15, 0.2) is 5.82 Å². The van der Waals surface area contributed by atoms with Crippen molar-refractivity contribution in [1.29, 1.82) is 0 Å². The van der Waals surface area contributed by atoms with Crippen LogP contribution in [0.25, 0.3) is 32.0 Å². The van der Waals surface area contributed by atoms with Crippen LogP contribution in [0.4, 0.5) is 0 Å². The van der Waals surface area contributed by atoms with E-state index in [0.29, 0.717) is 17.6 Å². The predicted octanol–water partition coefficient (Wildman–Crippen LogP) is 6.60. The minimum Gasteiger partial charge on any atom is -0.492 e. The maximum atomic E-state index is 6.58. The first-order chi connectivity index (χ1) is 14.8. The SMILES string of the molecule is Clc1nc(-c2ccc(OCCN3CCCCC3)cc2)nc2scc(-c3cccs3)c12. The molecule has 4 nitrogen and oxygen atoms in total. The largest absolute Gasteiger partial charge is 0.492 e. The number of likely N-dealkylation sites (tertiary alicyclic amines) is 1. The van der Waals surface area contributed by atoms with Gasteiger partial charge in [-0.3, -0.25) is 4.90 Å². The van der Waals surface area contributed by atoms with Crippen LogP contribution in [0.1, 0.15) is 19.3 Å². The fourth-order valence-corrected chi connectivity index (χ4v) is 5.91. The van der Waals surface area contributed by atoms with Crippen molar-refractivity contribution in [2.24, 2.45) is 0 Å². The Kier molecular flexibility index (Phi) is 6.00. The Morgan fingerprint density at radius 3 is 2.60 bits per heavy atom. The van der Waals surface area contributed by atoms with Crippen molar-refractivity contribution in [2.45, 2.75) is 19.3 Å². The van der Waals surface area contributed by atoms with Crippen LogP contribution in [-0.2, 0) is 0 Å². The lowest BCUT2D eigenvalue weighted by Crippen LogP contribution is -2.33. The molecule has 0 bridgehead atoms. The lowest BCUT2D eigenvalue weighted by Gasteiger charge is -2.26. The highest BCUT2D eigenvalue weighted by Gasteiger charge is 2.16. The van der Waals surface area contributed by atoms with Gasteiger partial charge in [-0.2, -0.15) is 0 Å². The Hall–Kier alpha value is -1.99. The molecule has 154 valence electrons. The topological polar surface area (TPSA) is 38.2 Å². The van der Waals surface area contributed by atoms with E-state index in [4.69, 9.17) is 21.3 Å². The van der Waals surface area contributed by atoms with Crippen molar-refractivity contribution in [1.82, 2.24) is 14.9 Å². The molecule has 0 unspecified atom stereocenters. The Morgan fingerprint density at radius 1 is 1.00 bits per heavy atom. The van der Waals surface area contributed by atoms with Crippen LogP contribution in [-0.4, -0.2) is 41.1 Å². The van der Waals surface area contributed by atoms with Crippen LogP contribution in [0, 0.1) is 0 Å². The molecule has 1 aromatic carbocycles. The van der Waals surface area contributed by atoms with Gasteiger partial charge < -0.3 is 4.74 Å². The Labute approximate surface area is 189 Å². The van der Waals surface area contributed by atoms with Crippen LogP contribution in [0.3, 0.4) is 0 Å². The van der Waals surface area contributed by atoms with Gasteiger partial charge in [0.25, 0.3) is 0 Å². The molecule has 5 rings (SSSR count). The summed E-state index contributed by atoms with van der Waals surface area (Å²) in [5.74, 6) is 1.52. The molecule has 0 aliphatic carbocycles. The third-order valence-electron chi connectivity index (χ3n) is 5.41. The minimum atomic E-state index is 0.501. The number of benzene rings is 1. The Balaban J connectivity index is 1.30. The molecule has 0 spiro atoms. The van der Waals surface area contributed by atoms with E-state index in [-0.39, 0.29) is 0 Å². The van der Waals surface area contributed by atoms with E-state index in [0.717, 1.165) is 33.6 Å². The normalized spacial score (nSPS) is 15.0. The van der Waals surface area contributed by atoms with Crippen LogP contribution in [0.5, 0.6) is 5.75 Å². The van der Waals surface area contributed by atoms with Gasteiger partial charge in [-0.15, -0.1) is 22.7 Å². The second kappa shape index (κ2) is 9.02. The lowest BCUT2D eigenvalue weighted by molar-refractivity contribution is 0.183. The molecule has 1 aliphatic rings. The first kappa shape index (κ1) is 19.9. The zero-order chi connectivity index (χ0) is 20.3. The number of fused-ring (bicyclic) bond motifs is 1. The van der Waals surface area contributed by atoms with Crippen molar-refractivity contribution in [3.05, 3.63) is 52.3 Å². The maximum absolute atomic E-state index is 6.58. The number of rotatable bonds is 6. The second-order valence-corrected chi connectivity index (χ2v) is 9.58. The molecule has 30 heavy (non-hydrogen) atoms. The zero-order valence-corrected chi connectivity index (χ0v) is 18.9. The molecule has 1 saturated heterocycles. The van der Waals surface area contributed by atoms with Crippen molar-refractivity contribution >= 4 is 44.5 Å². The van der Waals surface area contributed by atoms with Crippen molar-refractivity contribution < 1.29 is 4.74 Å². The number of aromatic nitrogens is 2. The molecule has 1 aliphatic heterocycles. The van der Waals surface area contributed by atoms with Crippen molar-refractivity contribution in [2.75, 3.05) is 26.2 Å². The summed E-state index contributed by atoms with van der Waals surface area (Å²) in [4.78, 5) is 13.9. The highest BCUT2D eigenvalue weighted by Crippen LogP contribution is 2.39. The van der Waals surface area contributed by atoms with Gasteiger partial charge in [0.2, 0.25) is 0 Å². The summed E-state index contributed by atoms with van der Waals surface area (Å²) in [5.41, 5.74) is 2.05. The number of thiophene rings is 2. The zero-order valence-electron chi connectivity index (χ0n) is 16.5. The lowest BCUT2D eigenvalue weighted by atomic mass is 10.1.